The molecule has 0 radical (unpaired) electrons. The summed E-state index contributed by atoms with van der Waals surface area (Å²) in [6.07, 6.45) is 0.401. The Bertz CT molecular complexity index is 892. The van der Waals surface area contributed by atoms with Gasteiger partial charge in [-0.05, 0) is 44.5 Å². The Kier molecular flexibility index (Phi) is 5.79. The van der Waals surface area contributed by atoms with Gasteiger partial charge in [0, 0.05) is 19.1 Å². The van der Waals surface area contributed by atoms with E-state index >= 15 is 0 Å². The minimum absolute atomic E-state index is 0.156. The van der Waals surface area contributed by atoms with Crippen molar-refractivity contribution >= 4 is 23.4 Å². The third-order valence-corrected chi connectivity index (χ3v) is 4.62. The van der Waals surface area contributed by atoms with Crippen molar-refractivity contribution < 1.29 is 18.8 Å². The molecule has 8 nitrogen and oxygen atoms in total. The number of carbonyl (C=O) groups excluding carboxylic acids is 3. The summed E-state index contributed by atoms with van der Waals surface area (Å²) in [5, 5.41) is 5.46. The topological polar surface area (TPSA) is 118 Å². The number of aryl methyl sites for hydroxylation is 1. The van der Waals surface area contributed by atoms with Crippen LogP contribution in [0.15, 0.2) is 40.8 Å². The lowest BCUT2D eigenvalue weighted by molar-refractivity contribution is -0.124. The number of likely N-dealkylation sites (tertiary alicyclic amines) is 1. The molecule has 0 spiro atoms. The van der Waals surface area contributed by atoms with Gasteiger partial charge in [-0.3, -0.25) is 14.4 Å². The number of nitrogens with one attached hydrogen (secondary N) is 2. The summed E-state index contributed by atoms with van der Waals surface area (Å²) in [6.45, 7) is 4.31. The van der Waals surface area contributed by atoms with Crippen LogP contribution in [0.5, 0.6) is 0 Å². The predicted molar refractivity (Wildman–Crippen MR) is 104 cm³/mol. The first-order valence-corrected chi connectivity index (χ1v) is 9.21. The molecule has 1 aliphatic rings. The molecule has 0 aliphatic carbocycles. The summed E-state index contributed by atoms with van der Waals surface area (Å²) in [6, 6.07) is 9.03. The number of nitrogens with zero attached hydrogens (tertiary/aromatic N) is 1. The van der Waals surface area contributed by atoms with Crippen molar-refractivity contribution in [2.24, 2.45) is 5.73 Å². The third kappa shape index (κ3) is 4.07. The van der Waals surface area contributed by atoms with Crippen molar-refractivity contribution in [3.63, 3.8) is 0 Å². The molecule has 3 amide bonds. The normalized spacial score (nSPS) is 18.8. The summed E-state index contributed by atoms with van der Waals surface area (Å²) in [5.74, 6) is -0.257. The zero-order valence-corrected chi connectivity index (χ0v) is 15.9. The Balaban J connectivity index is 1.84. The van der Waals surface area contributed by atoms with Crippen LogP contribution in [0.1, 0.15) is 40.0 Å². The lowest BCUT2D eigenvalue weighted by Gasteiger charge is -2.24. The van der Waals surface area contributed by atoms with Gasteiger partial charge in [0.15, 0.2) is 5.76 Å². The zero-order valence-electron chi connectivity index (χ0n) is 15.9. The highest BCUT2D eigenvalue weighted by molar-refractivity contribution is 6.08. The van der Waals surface area contributed by atoms with Gasteiger partial charge >= 0.3 is 0 Å². The van der Waals surface area contributed by atoms with Gasteiger partial charge in [0.1, 0.15) is 11.8 Å². The van der Waals surface area contributed by atoms with E-state index in [1.54, 1.807) is 43.3 Å². The minimum atomic E-state index is -0.626. The van der Waals surface area contributed by atoms with Crippen LogP contribution < -0.4 is 16.4 Å². The summed E-state index contributed by atoms with van der Waals surface area (Å²) >= 11 is 0. The van der Waals surface area contributed by atoms with E-state index in [0.717, 1.165) is 0 Å². The van der Waals surface area contributed by atoms with Gasteiger partial charge in [0.25, 0.3) is 11.8 Å². The molecule has 2 atom stereocenters. The van der Waals surface area contributed by atoms with Crippen LogP contribution in [0.3, 0.4) is 0 Å². The molecule has 2 aromatic rings. The molecule has 3 rings (SSSR count). The van der Waals surface area contributed by atoms with Crippen LogP contribution in [-0.4, -0.2) is 47.8 Å². The van der Waals surface area contributed by atoms with Crippen LogP contribution >= 0.6 is 0 Å². The second kappa shape index (κ2) is 8.26. The molecule has 2 heterocycles. The number of carbonyl (C=O) groups is 3. The Morgan fingerprint density at radius 3 is 2.64 bits per heavy atom. The number of rotatable bonds is 5. The quantitative estimate of drug-likeness (QED) is 0.722. The lowest BCUT2D eigenvalue weighted by atomic mass is 10.1. The molecule has 28 heavy (non-hydrogen) atoms. The van der Waals surface area contributed by atoms with Gasteiger partial charge in [0.05, 0.1) is 11.3 Å². The van der Waals surface area contributed by atoms with Crippen molar-refractivity contribution in [2.75, 3.05) is 18.4 Å². The molecular weight excluding hydrogens is 360 g/mol. The smallest absolute Gasteiger partial charge is 0.291 e. The predicted octanol–water partition coefficient (Wildman–Crippen LogP) is 1.52. The molecule has 0 saturated carbocycles. The highest BCUT2D eigenvalue weighted by atomic mass is 16.3. The number of anilines is 1. The van der Waals surface area contributed by atoms with Gasteiger partial charge < -0.3 is 25.7 Å². The van der Waals surface area contributed by atoms with E-state index < -0.39 is 11.9 Å². The number of amides is 3. The molecule has 8 heteroatoms. The van der Waals surface area contributed by atoms with Crippen molar-refractivity contribution in [1.29, 1.82) is 0 Å². The largest absolute Gasteiger partial charge is 0.456 e. The summed E-state index contributed by atoms with van der Waals surface area (Å²) in [5.41, 5.74) is 6.65. The summed E-state index contributed by atoms with van der Waals surface area (Å²) in [7, 11) is 0. The maximum atomic E-state index is 13.2. The van der Waals surface area contributed by atoms with Crippen LogP contribution in [0.2, 0.25) is 0 Å². The highest BCUT2D eigenvalue weighted by Crippen LogP contribution is 2.24. The number of furan rings is 1. The van der Waals surface area contributed by atoms with E-state index in [-0.39, 0.29) is 30.2 Å². The fourth-order valence-electron chi connectivity index (χ4n) is 3.31. The summed E-state index contributed by atoms with van der Waals surface area (Å²) < 4.78 is 5.33. The number of likely N-dealkylation sites (N-methyl/N-ethyl adjacent to an activating group) is 1. The second-order valence-electron chi connectivity index (χ2n) is 6.77. The van der Waals surface area contributed by atoms with Gasteiger partial charge in [0.2, 0.25) is 5.91 Å². The number of benzene rings is 1. The first-order valence-electron chi connectivity index (χ1n) is 9.21. The Labute approximate surface area is 163 Å². The average molecular weight is 384 g/mol. The van der Waals surface area contributed by atoms with E-state index in [0.29, 0.717) is 30.0 Å². The van der Waals surface area contributed by atoms with Gasteiger partial charge in [-0.2, -0.15) is 0 Å². The van der Waals surface area contributed by atoms with E-state index in [1.165, 1.54) is 4.90 Å². The molecule has 1 aromatic heterocycles. The van der Waals surface area contributed by atoms with Gasteiger partial charge in [-0.15, -0.1) is 0 Å². The van der Waals surface area contributed by atoms with Crippen molar-refractivity contribution in [2.45, 2.75) is 32.4 Å². The van der Waals surface area contributed by atoms with E-state index in [9.17, 15) is 14.4 Å². The highest BCUT2D eigenvalue weighted by Gasteiger charge is 2.38. The maximum Gasteiger partial charge on any atom is 0.291 e. The number of hydrogen-bond donors (Lipinski definition) is 3. The fraction of sp³-hybridized carbons (Fsp3) is 0.350. The van der Waals surface area contributed by atoms with E-state index in [2.05, 4.69) is 10.6 Å². The van der Waals surface area contributed by atoms with E-state index in [1.807, 2.05) is 6.92 Å². The van der Waals surface area contributed by atoms with E-state index in [4.69, 9.17) is 10.2 Å². The Morgan fingerprint density at radius 2 is 1.96 bits per heavy atom. The van der Waals surface area contributed by atoms with Crippen LogP contribution in [0, 0.1) is 6.92 Å². The number of para-hydroxylation sites is 1. The average Bonchev–Trinajstić information content (AvgIpc) is 3.27. The van der Waals surface area contributed by atoms with Crippen LogP contribution in [-0.2, 0) is 4.79 Å². The number of nitrogens with two attached hydrogens (primary N) is 1. The first kappa shape index (κ1) is 19.6. The van der Waals surface area contributed by atoms with Gasteiger partial charge in [-0.1, -0.05) is 12.1 Å². The standard InChI is InChI=1S/C20H24N4O4/c1-3-22-18(25)16-10-13(21)11-24(16)20(27)14-6-4-5-7-15(14)23-19(26)17-9-8-12(2)28-17/h4-9,13,16H,3,10-11,21H2,1-2H3,(H,22,25)(H,23,26)/t13-,16+/m1/s1. The SMILES string of the molecule is CCNC(=O)[C@@H]1C[C@@H](N)CN1C(=O)c1ccccc1NC(=O)c1ccc(C)o1. The first-order chi connectivity index (χ1) is 13.4. The maximum absolute atomic E-state index is 13.2. The molecule has 1 aromatic carbocycles. The Morgan fingerprint density at radius 1 is 1.21 bits per heavy atom. The lowest BCUT2D eigenvalue weighted by Crippen LogP contribution is -2.46. The molecule has 148 valence electrons. The molecule has 0 unspecified atom stereocenters. The molecule has 1 fully saturated rings. The summed E-state index contributed by atoms with van der Waals surface area (Å²) in [4.78, 5) is 39.4. The molecule has 4 N–H and O–H groups in total. The molecular formula is C20H24N4O4. The molecule has 1 aliphatic heterocycles. The van der Waals surface area contributed by atoms with Crippen LogP contribution in [0.4, 0.5) is 5.69 Å². The second-order valence-corrected chi connectivity index (χ2v) is 6.77. The van der Waals surface area contributed by atoms with Gasteiger partial charge in [-0.25, -0.2) is 0 Å². The van der Waals surface area contributed by atoms with Crippen molar-refractivity contribution in [1.82, 2.24) is 10.2 Å². The van der Waals surface area contributed by atoms with Crippen molar-refractivity contribution in [3.8, 4) is 0 Å². The molecule has 1 saturated heterocycles. The van der Waals surface area contributed by atoms with Crippen molar-refractivity contribution in [3.05, 3.63) is 53.5 Å². The fourth-order valence-corrected chi connectivity index (χ4v) is 3.31. The zero-order chi connectivity index (χ0) is 20.3. The Hall–Kier alpha value is -3.13. The molecule has 0 bridgehead atoms. The number of hydrogen-bond acceptors (Lipinski definition) is 5. The monoisotopic (exact) mass is 384 g/mol. The third-order valence-electron chi connectivity index (χ3n) is 4.62. The van der Waals surface area contributed by atoms with Crippen LogP contribution in [0.25, 0.3) is 0 Å². The minimum Gasteiger partial charge on any atom is -0.456 e.